The highest BCUT2D eigenvalue weighted by atomic mass is 16.2. The molecule has 1 atom stereocenters. The van der Waals surface area contributed by atoms with E-state index >= 15 is 0 Å². The monoisotopic (exact) mass is 443 g/mol. The molecule has 172 valence electrons. The van der Waals surface area contributed by atoms with Gasteiger partial charge in [0.1, 0.15) is 5.82 Å². The molecule has 0 aliphatic carbocycles. The number of aromatic nitrogens is 3. The molecule has 0 radical (unpaired) electrons. The van der Waals surface area contributed by atoms with Crippen molar-refractivity contribution in [3.8, 4) is 11.1 Å². The lowest BCUT2D eigenvalue weighted by Crippen LogP contribution is -2.52. The van der Waals surface area contributed by atoms with Crippen LogP contribution < -0.4 is 0 Å². The van der Waals surface area contributed by atoms with Crippen LogP contribution in [0.4, 0.5) is 0 Å². The van der Waals surface area contributed by atoms with Crippen molar-refractivity contribution in [2.45, 2.75) is 39.2 Å². The van der Waals surface area contributed by atoms with Gasteiger partial charge in [-0.25, -0.2) is 9.97 Å². The molecule has 0 spiro atoms. The molecular weight excluding hydrogens is 410 g/mol. The fraction of sp³-hybridized carbons (Fsp3) is 0.407. The summed E-state index contributed by atoms with van der Waals surface area (Å²) in [5.41, 5.74) is 4.14. The van der Waals surface area contributed by atoms with E-state index in [2.05, 4.69) is 51.0 Å². The van der Waals surface area contributed by atoms with Crippen LogP contribution in [0.3, 0.4) is 0 Å². The Morgan fingerprint density at radius 2 is 1.82 bits per heavy atom. The number of hydrogen-bond donors (Lipinski definition) is 0. The molecule has 0 bridgehead atoms. The number of rotatable bonds is 7. The molecule has 2 aromatic heterocycles. The second-order valence-corrected chi connectivity index (χ2v) is 9.23. The Morgan fingerprint density at radius 1 is 1.09 bits per heavy atom. The minimum Gasteiger partial charge on any atom is -0.348 e. The Balaban J connectivity index is 1.62. The highest BCUT2D eigenvalue weighted by Gasteiger charge is 2.43. The molecule has 1 amide bonds. The van der Waals surface area contributed by atoms with Crippen LogP contribution in [0.15, 0.2) is 61.2 Å². The summed E-state index contributed by atoms with van der Waals surface area (Å²) in [6.45, 7) is 4.53. The first-order chi connectivity index (χ1) is 16.0. The van der Waals surface area contributed by atoms with Gasteiger partial charge in [-0.05, 0) is 54.6 Å². The van der Waals surface area contributed by atoms with Crippen molar-refractivity contribution in [2.75, 3.05) is 27.2 Å². The van der Waals surface area contributed by atoms with Gasteiger partial charge >= 0.3 is 0 Å². The summed E-state index contributed by atoms with van der Waals surface area (Å²) in [7, 11) is 3.74. The summed E-state index contributed by atoms with van der Waals surface area (Å²) < 4.78 is 0. The van der Waals surface area contributed by atoms with Crippen molar-refractivity contribution in [1.82, 2.24) is 24.8 Å². The third kappa shape index (κ3) is 5.28. The van der Waals surface area contributed by atoms with Gasteiger partial charge in [-0.1, -0.05) is 31.2 Å². The third-order valence-electron chi connectivity index (χ3n) is 6.53. The highest BCUT2D eigenvalue weighted by molar-refractivity contribution is 5.83. The molecule has 0 N–H and O–H groups in total. The minimum absolute atomic E-state index is 0.203. The van der Waals surface area contributed by atoms with Gasteiger partial charge in [0.15, 0.2) is 0 Å². The van der Waals surface area contributed by atoms with Gasteiger partial charge in [0.2, 0.25) is 5.91 Å². The van der Waals surface area contributed by atoms with E-state index < -0.39 is 5.41 Å². The van der Waals surface area contributed by atoms with Crippen LogP contribution in [0.2, 0.25) is 0 Å². The smallest absolute Gasteiger partial charge is 0.229 e. The van der Waals surface area contributed by atoms with Gasteiger partial charge in [-0.2, -0.15) is 0 Å². The number of aryl methyl sites for hydroxylation is 1. The van der Waals surface area contributed by atoms with E-state index in [1.54, 1.807) is 4.90 Å². The molecule has 6 heteroatoms. The average molecular weight is 444 g/mol. The summed E-state index contributed by atoms with van der Waals surface area (Å²) in [5, 5.41) is 0. The maximum Gasteiger partial charge on any atom is 0.229 e. The van der Waals surface area contributed by atoms with Gasteiger partial charge in [-0.15, -0.1) is 0 Å². The van der Waals surface area contributed by atoms with E-state index in [4.69, 9.17) is 0 Å². The predicted octanol–water partition coefficient (Wildman–Crippen LogP) is 4.01. The lowest BCUT2D eigenvalue weighted by atomic mass is 9.73. The van der Waals surface area contributed by atoms with Crippen LogP contribution in [0.1, 0.15) is 36.7 Å². The summed E-state index contributed by atoms with van der Waals surface area (Å²) in [5.74, 6) is 1.07. The number of carbonyl (C=O) groups excluding carboxylic acids is 1. The summed E-state index contributed by atoms with van der Waals surface area (Å²) in [4.78, 5) is 30.9. The van der Waals surface area contributed by atoms with Crippen molar-refractivity contribution in [1.29, 1.82) is 0 Å². The largest absolute Gasteiger partial charge is 0.348 e. The molecule has 1 aliphatic rings. The van der Waals surface area contributed by atoms with Crippen molar-refractivity contribution in [2.24, 2.45) is 5.41 Å². The van der Waals surface area contributed by atoms with Gasteiger partial charge in [0.25, 0.3) is 0 Å². The van der Waals surface area contributed by atoms with Crippen LogP contribution in [0, 0.1) is 5.41 Å². The van der Waals surface area contributed by atoms with E-state index in [0.717, 1.165) is 55.8 Å². The number of amides is 1. The topological polar surface area (TPSA) is 62.2 Å². The first kappa shape index (κ1) is 23.1. The Labute approximate surface area is 196 Å². The zero-order chi connectivity index (χ0) is 23.3. The molecule has 33 heavy (non-hydrogen) atoms. The third-order valence-corrected chi connectivity index (χ3v) is 6.53. The van der Waals surface area contributed by atoms with Crippen LogP contribution >= 0.6 is 0 Å². The summed E-state index contributed by atoms with van der Waals surface area (Å²) >= 11 is 0. The Morgan fingerprint density at radius 3 is 2.52 bits per heavy atom. The number of likely N-dealkylation sites (tertiary alicyclic amines) is 1. The first-order valence-corrected chi connectivity index (χ1v) is 11.7. The van der Waals surface area contributed by atoms with E-state index in [1.807, 2.05) is 51.0 Å². The number of piperidine rings is 1. The summed E-state index contributed by atoms with van der Waals surface area (Å²) in [6, 6.07) is 12.5. The maximum absolute atomic E-state index is 13.6. The van der Waals surface area contributed by atoms with Crippen molar-refractivity contribution < 1.29 is 4.79 Å². The van der Waals surface area contributed by atoms with Crippen molar-refractivity contribution >= 4 is 5.91 Å². The van der Waals surface area contributed by atoms with Gasteiger partial charge in [0.05, 0.1) is 5.41 Å². The zero-order valence-corrected chi connectivity index (χ0v) is 19.9. The molecule has 0 saturated carbocycles. The van der Waals surface area contributed by atoms with Crippen LogP contribution in [0.5, 0.6) is 0 Å². The fourth-order valence-electron chi connectivity index (χ4n) is 4.99. The van der Waals surface area contributed by atoms with Crippen LogP contribution in [0.25, 0.3) is 11.1 Å². The minimum atomic E-state index is -0.463. The highest BCUT2D eigenvalue weighted by Crippen LogP contribution is 2.38. The number of hydrogen-bond acceptors (Lipinski definition) is 5. The van der Waals surface area contributed by atoms with E-state index in [-0.39, 0.29) is 5.91 Å². The van der Waals surface area contributed by atoms with E-state index in [9.17, 15) is 4.79 Å². The molecule has 4 rings (SSSR count). The SMILES string of the molecule is CCc1ncc(CN2CCC[C@](Cc3ccccc3-c3ccncc3)(C(=O)N(C)C)C2)cn1. The zero-order valence-electron chi connectivity index (χ0n) is 19.9. The molecule has 3 heterocycles. The van der Waals surface area contributed by atoms with E-state index in [1.165, 1.54) is 11.1 Å². The molecule has 1 fully saturated rings. The number of carbonyl (C=O) groups is 1. The predicted molar refractivity (Wildman–Crippen MR) is 130 cm³/mol. The Kier molecular flexibility index (Phi) is 7.14. The fourth-order valence-corrected chi connectivity index (χ4v) is 4.99. The average Bonchev–Trinajstić information content (AvgIpc) is 2.85. The molecule has 1 saturated heterocycles. The first-order valence-electron chi connectivity index (χ1n) is 11.7. The maximum atomic E-state index is 13.6. The summed E-state index contributed by atoms with van der Waals surface area (Å²) in [6.07, 6.45) is 10.9. The van der Waals surface area contributed by atoms with Gasteiger partial charge < -0.3 is 4.90 Å². The normalized spacial score (nSPS) is 18.8. The van der Waals surface area contributed by atoms with Crippen molar-refractivity contribution in [3.63, 3.8) is 0 Å². The lowest BCUT2D eigenvalue weighted by Gasteiger charge is -2.43. The molecule has 1 aromatic carbocycles. The second kappa shape index (κ2) is 10.2. The standard InChI is InChI=1S/C27H33N5O/c1-4-25-29-17-21(18-30-25)19-32-15-7-12-27(20-32,26(33)31(2)3)16-23-8-5-6-9-24(23)22-10-13-28-14-11-22/h5-6,8-11,13-14,17-18H,4,7,12,15-16,19-20H2,1-3H3/t27-/m1/s1. The molecule has 6 nitrogen and oxygen atoms in total. The number of nitrogens with zero attached hydrogens (tertiary/aromatic N) is 5. The Bertz CT molecular complexity index is 1070. The second-order valence-electron chi connectivity index (χ2n) is 9.23. The van der Waals surface area contributed by atoms with E-state index in [0.29, 0.717) is 6.42 Å². The molecule has 3 aromatic rings. The molecular formula is C27H33N5O. The number of benzene rings is 1. The molecule has 1 aliphatic heterocycles. The van der Waals surface area contributed by atoms with Gasteiger partial charge in [0, 0.05) is 64.0 Å². The lowest BCUT2D eigenvalue weighted by molar-refractivity contribution is -0.143. The molecule has 0 unspecified atom stereocenters. The Hall–Kier alpha value is -3.12. The van der Waals surface area contributed by atoms with Crippen LogP contribution in [-0.4, -0.2) is 57.8 Å². The quantitative estimate of drug-likeness (QED) is 0.552. The number of pyridine rings is 1. The van der Waals surface area contributed by atoms with Crippen molar-refractivity contribution in [3.05, 3.63) is 78.1 Å². The van der Waals surface area contributed by atoms with Crippen LogP contribution in [-0.2, 0) is 24.2 Å². The van der Waals surface area contributed by atoms with Gasteiger partial charge in [-0.3, -0.25) is 14.7 Å².